The van der Waals surface area contributed by atoms with Crippen molar-refractivity contribution in [3.63, 3.8) is 0 Å². The first-order valence-electron chi connectivity index (χ1n) is 7.44. The predicted octanol–water partition coefficient (Wildman–Crippen LogP) is 2.37. The molecule has 2 fully saturated rings. The van der Waals surface area contributed by atoms with Gasteiger partial charge in [0.2, 0.25) is 5.91 Å². The fraction of sp³-hybridized carbons (Fsp3) is 0.867. The van der Waals surface area contributed by atoms with E-state index in [9.17, 15) is 9.59 Å². The number of amides is 1. The van der Waals surface area contributed by atoms with Crippen LogP contribution in [0.5, 0.6) is 0 Å². The van der Waals surface area contributed by atoms with Crippen LogP contribution >= 0.6 is 0 Å². The van der Waals surface area contributed by atoms with Crippen LogP contribution in [0.2, 0.25) is 0 Å². The molecule has 4 heteroatoms. The Hall–Kier alpha value is -1.06. The Balaban J connectivity index is 1.88. The van der Waals surface area contributed by atoms with Crippen LogP contribution in [0, 0.1) is 11.3 Å². The number of rotatable bonds is 5. The van der Waals surface area contributed by atoms with Crippen molar-refractivity contribution in [3.8, 4) is 0 Å². The average Bonchev–Trinajstić information content (AvgIpc) is 2.87. The molecular formula is C15H25NO3. The van der Waals surface area contributed by atoms with E-state index in [-0.39, 0.29) is 11.9 Å². The molecule has 0 aromatic carbocycles. The minimum atomic E-state index is -0.862. The Morgan fingerprint density at radius 1 is 1.21 bits per heavy atom. The number of carbonyl (C=O) groups excluding carboxylic acids is 2. The number of methoxy groups -OCH3 is 1. The molecule has 19 heavy (non-hydrogen) atoms. The van der Waals surface area contributed by atoms with Gasteiger partial charge < -0.3 is 9.64 Å². The standard InChI is InChI=1S/C15H25NO3/c1-16(11-8-12-6-3-4-7-12)13(17)15(9-5-10-15)14(18)19-2/h12H,3-11H2,1-2H3. The highest BCUT2D eigenvalue weighted by atomic mass is 16.5. The summed E-state index contributed by atoms with van der Waals surface area (Å²) < 4.78 is 4.82. The minimum Gasteiger partial charge on any atom is -0.468 e. The van der Waals surface area contributed by atoms with Crippen LogP contribution in [0.15, 0.2) is 0 Å². The van der Waals surface area contributed by atoms with Gasteiger partial charge in [-0.1, -0.05) is 32.1 Å². The van der Waals surface area contributed by atoms with Gasteiger partial charge in [-0.25, -0.2) is 0 Å². The van der Waals surface area contributed by atoms with Crippen molar-refractivity contribution in [2.75, 3.05) is 20.7 Å². The summed E-state index contributed by atoms with van der Waals surface area (Å²) in [7, 11) is 3.19. The fourth-order valence-electron chi connectivity index (χ4n) is 3.37. The number of esters is 1. The van der Waals surface area contributed by atoms with Crippen LogP contribution < -0.4 is 0 Å². The van der Waals surface area contributed by atoms with Crippen molar-refractivity contribution < 1.29 is 14.3 Å². The molecule has 0 N–H and O–H groups in total. The van der Waals surface area contributed by atoms with Crippen LogP contribution in [0.25, 0.3) is 0 Å². The number of carbonyl (C=O) groups is 2. The van der Waals surface area contributed by atoms with Crippen molar-refractivity contribution in [3.05, 3.63) is 0 Å². The molecule has 2 rings (SSSR count). The Labute approximate surface area is 115 Å². The van der Waals surface area contributed by atoms with Gasteiger partial charge in [0, 0.05) is 13.6 Å². The molecule has 2 aliphatic carbocycles. The van der Waals surface area contributed by atoms with Crippen LogP contribution in [0.4, 0.5) is 0 Å². The molecule has 0 aromatic heterocycles. The number of nitrogens with zero attached hydrogens (tertiary/aromatic N) is 1. The van der Waals surface area contributed by atoms with Gasteiger partial charge in [0.05, 0.1) is 7.11 Å². The lowest BCUT2D eigenvalue weighted by molar-refractivity contribution is -0.169. The van der Waals surface area contributed by atoms with Gasteiger partial charge in [0.15, 0.2) is 0 Å². The summed E-state index contributed by atoms with van der Waals surface area (Å²) in [5.74, 6) is 0.380. The van der Waals surface area contributed by atoms with Gasteiger partial charge in [0.1, 0.15) is 5.41 Å². The first-order chi connectivity index (χ1) is 9.10. The van der Waals surface area contributed by atoms with Gasteiger partial charge >= 0.3 is 5.97 Å². The molecule has 0 aromatic rings. The van der Waals surface area contributed by atoms with Gasteiger partial charge in [-0.3, -0.25) is 9.59 Å². The van der Waals surface area contributed by atoms with E-state index in [1.54, 1.807) is 4.90 Å². The molecule has 4 nitrogen and oxygen atoms in total. The summed E-state index contributed by atoms with van der Waals surface area (Å²) in [5, 5.41) is 0. The summed E-state index contributed by atoms with van der Waals surface area (Å²) in [4.78, 5) is 26.1. The van der Waals surface area contributed by atoms with Crippen molar-refractivity contribution in [2.24, 2.45) is 11.3 Å². The summed E-state index contributed by atoms with van der Waals surface area (Å²) in [6, 6.07) is 0. The fourth-order valence-corrected chi connectivity index (χ4v) is 3.37. The molecular weight excluding hydrogens is 242 g/mol. The van der Waals surface area contributed by atoms with Crippen molar-refractivity contribution in [2.45, 2.75) is 51.4 Å². The average molecular weight is 267 g/mol. The molecule has 0 spiro atoms. The maximum absolute atomic E-state index is 12.5. The van der Waals surface area contributed by atoms with Crippen LogP contribution in [0.1, 0.15) is 51.4 Å². The van der Waals surface area contributed by atoms with Gasteiger partial charge in [0.25, 0.3) is 0 Å². The predicted molar refractivity (Wildman–Crippen MR) is 72.5 cm³/mol. The maximum Gasteiger partial charge on any atom is 0.321 e. The first kappa shape index (κ1) is 14.4. The highest BCUT2D eigenvalue weighted by Crippen LogP contribution is 2.43. The number of hydrogen-bond acceptors (Lipinski definition) is 3. The summed E-state index contributed by atoms with van der Waals surface area (Å²) in [5.41, 5.74) is -0.862. The SMILES string of the molecule is COC(=O)C1(C(=O)N(C)CCC2CCCC2)CCC1. The second-order valence-corrected chi connectivity index (χ2v) is 6.09. The molecule has 0 aliphatic heterocycles. The third-order valence-electron chi connectivity index (χ3n) is 4.89. The molecule has 0 heterocycles. The Morgan fingerprint density at radius 2 is 1.84 bits per heavy atom. The Morgan fingerprint density at radius 3 is 2.32 bits per heavy atom. The number of hydrogen-bond donors (Lipinski definition) is 0. The van der Waals surface area contributed by atoms with E-state index in [0.717, 1.165) is 25.3 Å². The quantitative estimate of drug-likeness (QED) is 0.567. The van der Waals surface area contributed by atoms with E-state index in [2.05, 4.69) is 0 Å². The zero-order valence-electron chi connectivity index (χ0n) is 12.1. The zero-order valence-corrected chi connectivity index (χ0v) is 12.1. The van der Waals surface area contributed by atoms with Crippen LogP contribution in [0.3, 0.4) is 0 Å². The molecule has 108 valence electrons. The lowest BCUT2D eigenvalue weighted by atomic mass is 9.67. The van der Waals surface area contributed by atoms with E-state index in [1.165, 1.54) is 32.8 Å². The lowest BCUT2D eigenvalue weighted by Crippen LogP contribution is -2.52. The normalized spacial score (nSPS) is 21.8. The highest BCUT2D eigenvalue weighted by Gasteiger charge is 2.53. The van der Waals surface area contributed by atoms with E-state index in [4.69, 9.17) is 4.74 Å². The van der Waals surface area contributed by atoms with Crippen LogP contribution in [-0.2, 0) is 14.3 Å². The topological polar surface area (TPSA) is 46.6 Å². The monoisotopic (exact) mass is 267 g/mol. The summed E-state index contributed by atoms with van der Waals surface area (Å²) in [6.45, 7) is 0.766. The first-order valence-corrected chi connectivity index (χ1v) is 7.44. The van der Waals surface area contributed by atoms with E-state index >= 15 is 0 Å². The largest absolute Gasteiger partial charge is 0.468 e. The second-order valence-electron chi connectivity index (χ2n) is 6.09. The molecule has 0 saturated heterocycles. The van der Waals surface area contributed by atoms with Gasteiger partial charge in [-0.05, 0) is 25.2 Å². The number of ether oxygens (including phenoxy) is 1. The van der Waals surface area contributed by atoms with Crippen molar-refractivity contribution in [1.82, 2.24) is 4.90 Å². The molecule has 0 bridgehead atoms. The maximum atomic E-state index is 12.5. The van der Waals surface area contributed by atoms with E-state index in [1.807, 2.05) is 7.05 Å². The Kier molecular flexibility index (Phi) is 4.48. The smallest absolute Gasteiger partial charge is 0.321 e. The molecule has 0 unspecified atom stereocenters. The lowest BCUT2D eigenvalue weighted by Gasteiger charge is -2.40. The molecule has 0 atom stereocenters. The highest BCUT2D eigenvalue weighted by molar-refractivity contribution is 6.03. The molecule has 0 radical (unpaired) electrons. The zero-order chi connectivity index (χ0) is 13.9. The molecule has 2 saturated carbocycles. The summed E-state index contributed by atoms with van der Waals surface area (Å²) in [6.07, 6.45) is 8.55. The van der Waals surface area contributed by atoms with Gasteiger partial charge in [-0.2, -0.15) is 0 Å². The molecule has 2 aliphatic rings. The van der Waals surface area contributed by atoms with Crippen LogP contribution in [-0.4, -0.2) is 37.5 Å². The third-order valence-corrected chi connectivity index (χ3v) is 4.89. The van der Waals surface area contributed by atoms with Gasteiger partial charge in [-0.15, -0.1) is 0 Å². The van der Waals surface area contributed by atoms with Crippen molar-refractivity contribution >= 4 is 11.9 Å². The molecule has 1 amide bonds. The van der Waals surface area contributed by atoms with E-state index < -0.39 is 5.41 Å². The summed E-state index contributed by atoms with van der Waals surface area (Å²) >= 11 is 0. The minimum absolute atomic E-state index is 0.0383. The van der Waals surface area contributed by atoms with E-state index in [0.29, 0.717) is 12.8 Å². The Bertz CT molecular complexity index is 343. The van der Waals surface area contributed by atoms with Crippen molar-refractivity contribution in [1.29, 1.82) is 0 Å². The third kappa shape index (κ3) is 2.77. The second kappa shape index (κ2) is 5.93.